The second-order valence-corrected chi connectivity index (χ2v) is 6.59. The molecule has 3 aromatic rings. The molecule has 3 rings (SSSR count). The molecule has 0 saturated heterocycles. The first-order valence-electron chi connectivity index (χ1n) is 9.41. The summed E-state index contributed by atoms with van der Waals surface area (Å²) in [5, 5.41) is 6.57. The summed E-state index contributed by atoms with van der Waals surface area (Å²) in [5.41, 5.74) is 2.61. The van der Waals surface area contributed by atoms with Gasteiger partial charge in [-0.1, -0.05) is 12.1 Å². The van der Waals surface area contributed by atoms with Gasteiger partial charge >= 0.3 is 0 Å². The zero-order chi connectivity index (χ0) is 19.9. The fourth-order valence-electron chi connectivity index (χ4n) is 2.68. The highest BCUT2D eigenvalue weighted by Gasteiger charge is 2.08. The smallest absolute Gasteiger partial charge is 0.229 e. The molecule has 6 heteroatoms. The molecular weight excluding hydrogens is 352 g/mol. The van der Waals surface area contributed by atoms with E-state index in [0.717, 1.165) is 28.6 Å². The molecule has 2 aromatic carbocycles. The van der Waals surface area contributed by atoms with Crippen LogP contribution in [0.25, 0.3) is 0 Å². The van der Waals surface area contributed by atoms with Gasteiger partial charge in [0.25, 0.3) is 0 Å². The van der Waals surface area contributed by atoms with Crippen molar-refractivity contribution in [1.82, 2.24) is 9.97 Å². The maximum absolute atomic E-state index is 5.87. The number of benzene rings is 2. The number of nitrogens with one attached hydrogen (secondary N) is 2. The van der Waals surface area contributed by atoms with Crippen LogP contribution >= 0.6 is 0 Å². The minimum absolute atomic E-state index is 0.0898. The van der Waals surface area contributed by atoms with Gasteiger partial charge in [0, 0.05) is 17.4 Å². The summed E-state index contributed by atoms with van der Waals surface area (Å²) in [4.78, 5) is 9.06. The Hall–Kier alpha value is -3.28. The number of aromatic nitrogens is 2. The van der Waals surface area contributed by atoms with E-state index in [-0.39, 0.29) is 6.10 Å². The minimum Gasteiger partial charge on any atom is -0.494 e. The largest absolute Gasteiger partial charge is 0.494 e. The maximum Gasteiger partial charge on any atom is 0.229 e. The lowest BCUT2D eigenvalue weighted by Crippen LogP contribution is -2.08. The van der Waals surface area contributed by atoms with E-state index in [1.54, 1.807) is 0 Å². The number of hydrogen-bond donors (Lipinski definition) is 2. The second-order valence-electron chi connectivity index (χ2n) is 6.59. The highest BCUT2D eigenvalue weighted by Crippen LogP contribution is 2.28. The summed E-state index contributed by atoms with van der Waals surface area (Å²) < 4.78 is 11.3. The molecule has 0 aliphatic carbocycles. The third kappa shape index (κ3) is 5.36. The normalized spacial score (nSPS) is 10.6. The van der Waals surface area contributed by atoms with Gasteiger partial charge in [-0.15, -0.1) is 0 Å². The van der Waals surface area contributed by atoms with Crippen LogP contribution in [0.4, 0.5) is 23.1 Å². The standard InChI is InChI=1S/C22H26N4O2/c1-5-27-18-12-10-17(11-13-18)24-22-23-16(4)14-21(26-22)25-19-8-6-7-9-20(19)28-15(2)3/h6-15H,5H2,1-4H3,(H2,23,24,25,26). The number of rotatable bonds is 8. The number of aryl methyl sites for hydroxylation is 1. The van der Waals surface area contributed by atoms with E-state index >= 15 is 0 Å². The number of nitrogens with zero attached hydrogens (tertiary/aromatic N) is 2. The van der Waals surface area contributed by atoms with E-state index in [4.69, 9.17) is 9.47 Å². The van der Waals surface area contributed by atoms with Crippen LogP contribution in [0.2, 0.25) is 0 Å². The van der Waals surface area contributed by atoms with Crippen molar-refractivity contribution in [2.45, 2.75) is 33.8 Å². The van der Waals surface area contributed by atoms with E-state index in [0.29, 0.717) is 18.4 Å². The van der Waals surface area contributed by atoms with Gasteiger partial charge < -0.3 is 20.1 Å². The lowest BCUT2D eigenvalue weighted by Gasteiger charge is -2.16. The quantitative estimate of drug-likeness (QED) is 0.543. The number of para-hydroxylation sites is 2. The Labute approximate surface area is 166 Å². The zero-order valence-electron chi connectivity index (χ0n) is 16.7. The summed E-state index contributed by atoms with van der Waals surface area (Å²) in [5.74, 6) is 2.84. The molecule has 0 aliphatic heterocycles. The molecular formula is C22H26N4O2. The van der Waals surface area contributed by atoms with Gasteiger partial charge in [-0.05, 0) is 64.1 Å². The lowest BCUT2D eigenvalue weighted by molar-refractivity contribution is 0.244. The highest BCUT2D eigenvalue weighted by molar-refractivity contribution is 5.65. The van der Waals surface area contributed by atoms with Crippen molar-refractivity contribution in [3.8, 4) is 11.5 Å². The average Bonchev–Trinajstić information content (AvgIpc) is 2.64. The molecule has 0 spiro atoms. The SMILES string of the molecule is CCOc1ccc(Nc2nc(C)cc(Nc3ccccc3OC(C)C)n2)cc1. The molecule has 1 aromatic heterocycles. The van der Waals surface area contributed by atoms with Crippen molar-refractivity contribution in [2.24, 2.45) is 0 Å². The molecule has 0 fully saturated rings. The van der Waals surface area contributed by atoms with Crippen LogP contribution in [0, 0.1) is 6.92 Å². The van der Waals surface area contributed by atoms with Crippen molar-refractivity contribution in [3.63, 3.8) is 0 Å². The number of anilines is 4. The first-order chi connectivity index (χ1) is 13.5. The Kier molecular flexibility index (Phi) is 6.32. The van der Waals surface area contributed by atoms with Crippen molar-refractivity contribution >= 4 is 23.1 Å². The molecule has 28 heavy (non-hydrogen) atoms. The summed E-state index contributed by atoms with van der Waals surface area (Å²) in [6, 6.07) is 17.4. The van der Waals surface area contributed by atoms with Crippen LogP contribution in [0.15, 0.2) is 54.6 Å². The molecule has 6 nitrogen and oxygen atoms in total. The molecule has 0 unspecified atom stereocenters. The summed E-state index contributed by atoms with van der Waals surface area (Å²) >= 11 is 0. The number of ether oxygens (including phenoxy) is 2. The Morgan fingerprint density at radius 1 is 0.964 bits per heavy atom. The third-order valence-electron chi connectivity index (χ3n) is 3.79. The molecule has 0 atom stereocenters. The van der Waals surface area contributed by atoms with E-state index in [9.17, 15) is 0 Å². The van der Waals surface area contributed by atoms with E-state index in [1.165, 1.54) is 0 Å². The molecule has 1 heterocycles. The fraction of sp³-hybridized carbons (Fsp3) is 0.273. The molecule has 146 valence electrons. The Morgan fingerprint density at radius 2 is 1.71 bits per heavy atom. The Morgan fingerprint density at radius 3 is 2.43 bits per heavy atom. The molecule has 0 radical (unpaired) electrons. The van der Waals surface area contributed by atoms with Crippen molar-refractivity contribution < 1.29 is 9.47 Å². The van der Waals surface area contributed by atoms with Gasteiger partial charge in [-0.3, -0.25) is 0 Å². The predicted octanol–water partition coefficient (Wildman–Crippen LogP) is 5.46. The lowest BCUT2D eigenvalue weighted by atomic mass is 10.3. The van der Waals surface area contributed by atoms with Crippen LogP contribution in [0.1, 0.15) is 26.5 Å². The first-order valence-corrected chi connectivity index (χ1v) is 9.41. The summed E-state index contributed by atoms with van der Waals surface area (Å²) in [6.45, 7) is 8.55. The predicted molar refractivity (Wildman–Crippen MR) is 113 cm³/mol. The van der Waals surface area contributed by atoms with E-state index in [1.807, 2.05) is 82.3 Å². The summed E-state index contributed by atoms with van der Waals surface area (Å²) in [7, 11) is 0. The second kappa shape index (κ2) is 9.08. The molecule has 2 N–H and O–H groups in total. The Balaban J connectivity index is 1.78. The van der Waals surface area contributed by atoms with Crippen LogP contribution in [0.5, 0.6) is 11.5 Å². The van der Waals surface area contributed by atoms with Crippen LogP contribution in [-0.2, 0) is 0 Å². The molecule has 0 bridgehead atoms. The van der Waals surface area contributed by atoms with Gasteiger partial charge in [0.05, 0.1) is 18.4 Å². The van der Waals surface area contributed by atoms with Crippen molar-refractivity contribution in [2.75, 3.05) is 17.2 Å². The van der Waals surface area contributed by atoms with Gasteiger partial charge in [-0.2, -0.15) is 4.98 Å². The zero-order valence-corrected chi connectivity index (χ0v) is 16.7. The number of hydrogen-bond acceptors (Lipinski definition) is 6. The van der Waals surface area contributed by atoms with E-state index < -0.39 is 0 Å². The third-order valence-corrected chi connectivity index (χ3v) is 3.79. The van der Waals surface area contributed by atoms with Crippen LogP contribution in [0.3, 0.4) is 0 Å². The average molecular weight is 378 g/mol. The molecule has 0 saturated carbocycles. The monoisotopic (exact) mass is 378 g/mol. The van der Waals surface area contributed by atoms with Gasteiger partial charge in [-0.25, -0.2) is 4.98 Å². The van der Waals surface area contributed by atoms with Crippen LogP contribution < -0.4 is 20.1 Å². The minimum atomic E-state index is 0.0898. The van der Waals surface area contributed by atoms with Crippen molar-refractivity contribution in [1.29, 1.82) is 0 Å². The Bertz CT molecular complexity index is 911. The van der Waals surface area contributed by atoms with Gasteiger partial charge in [0.2, 0.25) is 5.95 Å². The molecule has 0 aliphatic rings. The van der Waals surface area contributed by atoms with Gasteiger partial charge in [0.15, 0.2) is 0 Å². The van der Waals surface area contributed by atoms with E-state index in [2.05, 4.69) is 20.6 Å². The van der Waals surface area contributed by atoms with Crippen LogP contribution in [-0.4, -0.2) is 22.7 Å². The highest BCUT2D eigenvalue weighted by atomic mass is 16.5. The van der Waals surface area contributed by atoms with Crippen molar-refractivity contribution in [3.05, 3.63) is 60.3 Å². The summed E-state index contributed by atoms with van der Waals surface area (Å²) in [6.07, 6.45) is 0.0898. The topological polar surface area (TPSA) is 68.3 Å². The van der Waals surface area contributed by atoms with Gasteiger partial charge in [0.1, 0.15) is 17.3 Å². The fourth-order valence-corrected chi connectivity index (χ4v) is 2.68. The maximum atomic E-state index is 5.87. The molecule has 0 amide bonds. The first kappa shape index (κ1) is 19.5.